The Kier molecular flexibility index (Phi) is 3.94. The lowest BCUT2D eigenvalue weighted by Crippen LogP contribution is -2.21. The summed E-state index contributed by atoms with van der Waals surface area (Å²) in [4.78, 5) is 4.26. The molecule has 0 saturated carbocycles. The van der Waals surface area contributed by atoms with Gasteiger partial charge in [-0.25, -0.2) is 4.98 Å². The standard InChI is InChI=1S/C13H18N4O/c1-3-11(14)7-10-5-4-6-15-13(10)18-12-8-16-17(2)9-12/h4-6,8-9,11H,3,7,14H2,1-2H3. The average Bonchev–Trinajstić information content (AvgIpc) is 2.77. The van der Waals surface area contributed by atoms with Crippen molar-refractivity contribution < 1.29 is 4.74 Å². The first kappa shape index (κ1) is 12.6. The lowest BCUT2D eigenvalue weighted by atomic mass is 10.1. The zero-order chi connectivity index (χ0) is 13.0. The lowest BCUT2D eigenvalue weighted by molar-refractivity contribution is 0.452. The second kappa shape index (κ2) is 5.64. The maximum atomic E-state index is 5.97. The van der Waals surface area contributed by atoms with Crippen LogP contribution >= 0.6 is 0 Å². The van der Waals surface area contributed by atoms with E-state index < -0.39 is 0 Å². The maximum Gasteiger partial charge on any atom is 0.222 e. The largest absolute Gasteiger partial charge is 0.435 e. The number of nitrogens with two attached hydrogens (primary N) is 1. The van der Waals surface area contributed by atoms with E-state index in [0.29, 0.717) is 11.6 Å². The van der Waals surface area contributed by atoms with Crippen LogP contribution in [0.4, 0.5) is 0 Å². The first-order chi connectivity index (χ1) is 8.69. The summed E-state index contributed by atoms with van der Waals surface area (Å²) in [5, 5.41) is 4.06. The minimum absolute atomic E-state index is 0.130. The molecule has 2 rings (SSSR count). The second-order valence-corrected chi connectivity index (χ2v) is 4.29. The molecule has 0 amide bonds. The average molecular weight is 246 g/mol. The van der Waals surface area contributed by atoms with E-state index in [1.165, 1.54) is 0 Å². The van der Waals surface area contributed by atoms with E-state index in [4.69, 9.17) is 10.5 Å². The molecule has 0 spiro atoms. The van der Waals surface area contributed by atoms with E-state index in [-0.39, 0.29) is 6.04 Å². The molecule has 0 aliphatic rings. The summed E-state index contributed by atoms with van der Waals surface area (Å²) in [7, 11) is 1.85. The molecule has 5 heteroatoms. The number of hydrogen-bond donors (Lipinski definition) is 1. The topological polar surface area (TPSA) is 66.0 Å². The Morgan fingerprint density at radius 2 is 2.33 bits per heavy atom. The normalized spacial score (nSPS) is 12.4. The summed E-state index contributed by atoms with van der Waals surface area (Å²) in [6.45, 7) is 2.07. The van der Waals surface area contributed by atoms with Crippen LogP contribution in [0.1, 0.15) is 18.9 Å². The fourth-order valence-electron chi connectivity index (χ4n) is 1.66. The van der Waals surface area contributed by atoms with Crippen molar-refractivity contribution in [3.8, 4) is 11.6 Å². The van der Waals surface area contributed by atoms with Gasteiger partial charge in [0.05, 0.1) is 12.4 Å². The number of aromatic nitrogens is 3. The van der Waals surface area contributed by atoms with Crippen LogP contribution in [0.5, 0.6) is 11.6 Å². The van der Waals surface area contributed by atoms with E-state index in [1.807, 2.05) is 19.2 Å². The van der Waals surface area contributed by atoms with Crippen molar-refractivity contribution in [2.45, 2.75) is 25.8 Å². The molecular weight excluding hydrogens is 228 g/mol. The van der Waals surface area contributed by atoms with Gasteiger partial charge in [-0.2, -0.15) is 5.10 Å². The third-order valence-electron chi connectivity index (χ3n) is 2.75. The first-order valence-electron chi connectivity index (χ1n) is 6.05. The van der Waals surface area contributed by atoms with Crippen molar-refractivity contribution in [1.82, 2.24) is 14.8 Å². The predicted octanol–water partition coefficient (Wildman–Crippen LogP) is 1.89. The highest BCUT2D eigenvalue weighted by Crippen LogP contribution is 2.23. The van der Waals surface area contributed by atoms with Crippen molar-refractivity contribution in [2.24, 2.45) is 12.8 Å². The van der Waals surface area contributed by atoms with Crippen LogP contribution in [-0.2, 0) is 13.5 Å². The van der Waals surface area contributed by atoms with Crippen molar-refractivity contribution in [3.05, 3.63) is 36.3 Å². The molecule has 18 heavy (non-hydrogen) atoms. The summed E-state index contributed by atoms with van der Waals surface area (Å²) < 4.78 is 7.42. The van der Waals surface area contributed by atoms with Crippen LogP contribution in [0.3, 0.4) is 0 Å². The minimum Gasteiger partial charge on any atom is -0.435 e. The van der Waals surface area contributed by atoms with Gasteiger partial charge in [-0.15, -0.1) is 0 Å². The molecule has 1 atom stereocenters. The molecule has 2 aromatic heterocycles. The van der Waals surface area contributed by atoms with Gasteiger partial charge in [0.25, 0.3) is 0 Å². The molecule has 96 valence electrons. The Balaban J connectivity index is 2.16. The molecular formula is C13H18N4O. The highest BCUT2D eigenvalue weighted by Gasteiger charge is 2.10. The molecule has 0 aromatic carbocycles. The Morgan fingerprint density at radius 1 is 1.50 bits per heavy atom. The lowest BCUT2D eigenvalue weighted by Gasteiger charge is -2.11. The number of pyridine rings is 1. The van der Waals surface area contributed by atoms with Gasteiger partial charge in [-0.05, 0) is 18.9 Å². The van der Waals surface area contributed by atoms with Crippen molar-refractivity contribution in [2.75, 3.05) is 0 Å². The van der Waals surface area contributed by atoms with Crippen LogP contribution < -0.4 is 10.5 Å². The zero-order valence-corrected chi connectivity index (χ0v) is 10.7. The molecule has 2 N–H and O–H groups in total. The van der Waals surface area contributed by atoms with Crippen LogP contribution in [0, 0.1) is 0 Å². The van der Waals surface area contributed by atoms with E-state index in [2.05, 4.69) is 17.0 Å². The van der Waals surface area contributed by atoms with Gasteiger partial charge in [0.1, 0.15) is 0 Å². The first-order valence-corrected chi connectivity index (χ1v) is 6.05. The van der Waals surface area contributed by atoms with Crippen molar-refractivity contribution in [1.29, 1.82) is 0 Å². The molecule has 1 unspecified atom stereocenters. The predicted molar refractivity (Wildman–Crippen MR) is 69.5 cm³/mol. The Labute approximate surface area is 107 Å². The molecule has 2 aromatic rings. The third-order valence-corrected chi connectivity index (χ3v) is 2.75. The minimum atomic E-state index is 0.130. The number of nitrogens with zero attached hydrogens (tertiary/aromatic N) is 3. The molecule has 0 aliphatic carbocycles. The van der Waals surface area contributed by atoms with E-state index in [1.54, 1.807) is 23.3 Å². The smallest absolute Gasteiger partial charge is 0.222 e. The number of rotatable bonds is 5. The van der Waals surface area contributed by atoms with Gasteiger partial charge in [-0.1, -0.05) is 13.0 Å². The number of hydrogen-bond acceptors (Lipinski definition) is 4. The summed E-state index contributed by atoms with van der Waals surface area (Å²) in [6.07, 6.45) is 6.88. The molecule has 0 saturated heterocycles. The van der Waals surface area contributed by atoms with E-state index in [9.17, 15) is 0 Å². The zero-order valence-electron chi connectivity index (χ0n) is 10.7. The SMILES string of the molecule is CCC(N)Cc1cccnc1Oc1cnn(C)c1. The molecule has 5 nitrogen and oxygen atoms in total. The van der Waals surface area contributed by atoms with Gasteiger partial charge in [0.15, 0.2) is 5.75 Å². The summed E-state index contributed by atoms with van der Waals surface area (Å²) >= 11 is 0. The van der Waals surface area contributed by atoms with Gasteiger partial charge in [-0.3, -0.25) is 4.68 Å². The summed E-state index contributed by atoms with van der Waals surface area (Å²) in [6, 6.07) is 4.02. The molecule has 0 aliphatic heterocycles. The van der Waals surface area contributed by atoms with Crippen LogP contribution in [0.25, 0.3) is 0 Å². The van der Waals surface area contributed by atoms with Crippen molar-refractivity contribution >= 4 is 0 Å². The Morgan fingerprint density at radius 3 is 3.00 bits per heavy atom. The fourth-order valence-corrected chi connectivity index (χ4v) is 1.66. The number of aryl methyl sites for hydroxylation is 1. The van der Waals surface area contributed by atoms with E-state index in [0.717, 1.165) is 18.4 Å². The monoisotopic (exact) mass is 246 g/mol. The van der Waals surface area contributed by atoms with Crippen LogP contribution in [-0.4, -0.2) is 20.8 Å². The second-order valence-electron chi connectivity index (χ2n) is 4.29. The van der Waals surface area contributed by atoms with Gasteiger partial charge in [0.2, 0.25) is 5.88 Å². The molecule has 2 heterocycles. The third kappa shape index (κ3) is 3.07. The molecule has 0 fully saturated rings. The molecule has 0 radical (unpaired) electrons. The summed E-state index contributed by atoms with van der Waals surface area (Å²) in [5.74, 6) is 1.29. The van der Waals surface area contributed by atoms with Gasteiger partial charge >= 0.3 is 0 Å². The van der Waals surface area contributed by atoms with Crippen LogP contribution in [0.2, 0.25) is 0 Å². The quantitative estimate of drug-likeness (QED) is 0.874. The van der Waals surface area contributed by atoms with Gasteiger partial charge in [0, 0.05) is 24.8 Å². The highest BCUT2D eigenvalue weighted by molar-refractivity contribution is 5.30. The van der Waals surface area contributed by atoms with E-state index >= 15 is 0 Å². The van der Waals surface area contributed by atoms with Gasteiger partial charge < -0.3 is 10.5 Å². The maximum absolute atomic E-state index is 5.97. The fraction of sp³-hybridized carbons (Fsp3) is 0.385. The van der Waals surface area contributed by atoms with Crippen molar-refractivity contribution in [3.63, 3.8) is 0 Å². The summed E-state index contributed by atoms with van der Waals surface area (Å²) in [5.41, 5.74) is 7.00. The number of ether oxygens (including phenoxy) is 1. The molecule has 0 bridgehead atoms. The van der Waals surface area contributed by atoms with Crippen LogP contribution in [0.15, 0.2) is 30.7 Å². The Bertz CT molecular complexity index is 509. The Hall–Kier alpha value is -1.88. The highest BCUT2D eigenvalue weighted by atomic mass is 16.5.